The molecule has 222 valence electrons. The van der Waals surface area contributed by atoms with E-state index in [-0.39, 0.29) is 26.8 Å². The fourth-order valence-corrected chi connectivity index (χ4v) is 5.38. The molecule has 0 heterocycles. The van der Waals surface area contributed by atoms with E-state index in [2.05, 4.69) is 5.32 Å². The third-order valence-electron chi connectivity index (χ3n) is 5.99. The van der Waals surface area contributed by atoms with Crippen LogP contribution in [0, 0.1) is 23.4 Å². The van der Waals surface area contributed by atoms with Gasteiger partial charge in [-0.3, -0.25) is 14.4 Å². The van der Waals surface area contributed by atoms with Crippen LogP contribution in [-0.2, 0) is 9.59 Å². The van der Waals surface area contributed by atoms with Crippen LogP contribution in [0.1, 0.15) is 21.8 Å². The lowest BCUT2D eigenvalue weighted by molar-refractivity contribution is -0.167. The van der Waals surface area contributed by atoms with Crippen LogP contribution in [0.25, 0.3) is 0 Å². The van der Waals surface area contributed by atoms with Crippen molar-refractivity contribution in [3.05, 3.63) is 86.1 Å². The Hall–Kier alpha value is -2.90. The summed E-state index contributed by atoms with van der Waals surface area (Å²) in [6, 6.07) is 6.09. The van der Waals surface area contributed by atoms with Crippen LogP contribution in [0.2, 0.25) is 15.1 Å². The van der Waals surface area contributed by atoms with Crippen LogP contribution >= 0.6 is 58.0 Å². The molecule has 0 aromatic heterocycles. The maximum Gasteiger partial charge on any atom is 0.471 e. The summed E-state index contributed by atoms with van der Waals surface area (Å²) in [7, 11) is 0. The molecule has 0 saturated heterocycles. The lowest BCUT2D eigenvalue weighted by atomic mass is 10.1. The number of rotatable bonds is 6. The Labute approximate surface area is 257 Å². The quantitative estimate of drug-likeness (QED) is 0.138. The summed E-state index contributed by atoms with van der Waals surface area (Å²) < 4.78 is 78.7. The van der Waals surface area contributed by atoms with Gasteiger partial charge in [-0.15, -0.1) is 23.2 Å². The van der Waals surface area contributed by atoms with Crippen LogP contribution in [-0.4, -0.2) is 28.2 Å². The molecule has 42 heavy (non-hydrogen) atoms. The first-order valence-corrected chi connectivity index (χ1v) is 13.1. The van der Waals surface area contributed by atoms with Crippen molar-refractivity contribution in [2.75, 3.05) is 16.0 Å². The molecule has 0 bridgehead atoms. The van der Waals surface area contributed by atoms with E-state index >= 15 is 0 Å². The first-order valence-electron chi connectivity index (χ1n) is 11.2. The molecule has 3 aromatic rings. The molecular weight excluding hydrogens is 682 g/mol. The van der Waals surface area contributed by atoms with Gasteiger partial charge in [0.1, 0.15) is 21.8 Å². The van der Waals surface area contributed by atoms with E-state index in [4.69, 9.17) is 58.0 Å². The van der Waals surface area contributed by atoms with E-state index in [1.54, 1.807) is 0 Å². The zero-order chi connectivity index (χ0) is 31.3. The first-order chi connectivity index (χ1) is 19.4. The summed E-state index contributed by atoms with van der Waals surface area (Å²) in [5.74, 6) is -10.6. The van der Waals surface area contributed by atoms with Crippen molar-refractivity contribution in [3.8, 4) is 0 Å². The number of hydrogen-bond acceptors (Lipinski definition) is 3. The zero-order valence-electron chi connectivity index (χ0n) is 20.1. The third kappa shape index (κ3) is 6.52. The van der Waals surface area contributed by atoms with E-state index < -0.39 is 74.5 Å². The zero-order valence-corrected chi connectivity index (χ0v) is 23.9. The number of nitrogens with one attached hydrogen (secondary N) is 3. The van der Waals surface area contributed by atoms with Crippen LogP contribution in [0.5, 0.6) is 0 Å². The minimum Gasteiger partial charge on any atom is -0.326 e. The minimum atomic E-state index is -5.39. The SMILES string of the molecule is O=C(Nc1cc(NC(=O)C(F)(F)F)c(F)cc1F)c1cc(NC(=O)C2[C@H](c3cc(Cl)c(Cl)c(Cl)c3)C2(Cl)Cl)ccc1F. The molecule has 3 N–H and O–H groups in total. The van der Waals surface area contributed by atoms with Crippen molar-refractivity contribution in [2.45, 2.75) is 16.4 Å². The van der Waals surface area contributed by atoms with E-state index in [0.717, 1.165) is 18.2 Å². The number of hydrogen-bond donors (Lipinski definition) is 3. The molecular formula is C25H12Cl5F6N3O3. The highest BCUT2D eigenvalue weighted by molar-refractivity contribution is 6.54. The Morgan fingerprint density at radius 3 is 1.90 bits per heavy atom. The molecule has 1 unspecified atom stereocenters. The van der Waals surface area contributed by atoms with Gasteiger partial charge in [0.25, 0.3) is 5.91 Å². The van der Waals surface area contributed by atoms with Crippen LogP contribution in [0.4, 0.5) is 43.4 Å². The van der Waals surface area contributed by atoms with E-state index in [1.807, 2.05) is 5.32 Å². The predicted molar refractivity (Wildman–Crippen MR) is 146 cm³/mol. The smallest absolute Gasteiger partial charge is 0.326 e. The molecule has 4 rings (SSSR count). The normalized spacial score (nSPS) is 17.4. The molecule has 0 spiro atoms. The van der Waals surface area contributed by atoms with Crippen LogP contribution < -0.4 is 16.0 Å². The number of carbonyl (C=O) groups is 3. The average molecular weight is 694 g/mol. The van der Waals surface area contributed by atoms with Crippen molar-refractivity contribution in [2.24, 2.45) is 5.92 Å². The second-order valence-corrected chi connectivity index (χ2v) is 11.5. The van der Waals surface area contributed by atoms with Crippen molar-refractivity contribution >= 4 is 92.8 Å². The standard InChI is InChI=1S/C25H12Cl5F6N3O3/c26-11-3-8(4-12(27)20(11)28)18-19(24(18,29)30)22(41)37-9-1-2-13(31)10(5-9)21(40)38-16-7-17(15(33)6-14(16)32)39-23(42)25(34,35)36/h1-7,18-19H,(H,37,41)(H,38,40)(H,39,42)/t18-,19?/m0/s1. The van der Waals surface area contributed by atoms with Gasteiger partial charge in [-0.05, 0) is 42.0 Å². The van der Waals surface area contributed by atoms with Crippen LogP contribution in [0.15, 0.2) is 42.5 Å². The second kappa shape index (κ2) is 11.6. The molecule has 1 aliphatic rings. The maximum atomic E-state index is 14.5. The lowest BCUT2D eigenvalue weighted by Gasteiger charge is -2.13. The number of anilines is 3. The number of alkyl halides is 5. The van der Waals surface area contributed by atoms with Crippen molar-refractivity contribution in [1.29, 1.82) is 0 Å². The molecule has 2 atom stereocenters. The first kappa shape index (κ1) is 32.0. The largest absolute Gasteiger partial charge is 0.471 e. The average Bonchev–Trinajstić information content (AvgIpc) is 3.47. The maximum absolute atomic E-state index is 14.5. The van der Waals surface area contributed by atoms with Crippen molar-refractivity contribution in [3.63, 3.8) is 0 Å². The summed E-state index contributed by atoms with van der Waals surface area (Å²) in [5.41, 5.74) is -2.45. The predicted octanol–water partition coefficient (Wildman–Crippen LogP) is 8.34. The molecule has 0 aliphatic heterocycles. The molecule has 1 saturated carbocycles. The van der Waals surface area contributed by atoms with Gasteiger partial charge in [-0.2, -0.15) is 13.2 Å². The van der Waals surface area contributed by atoms with Crippen molar-refractivity contribution in [1.82, 2.24) is 0 Å². The number of carbonyl (C=O) groups excluding carboxylic acids is 3. The highest BCUT2D eigenvalue weighted by Crippen LogP contribution is 2.65. The summed E-state index contributed by atoms with van der Waals surface area (Å²) >= 11 is 30.7. The molecule has 1 fully saturated rings. The summed E-state index contributed by atoms with van der Waals surface area (Å²) in [5, 5.41) is 5.77. The molecule has 3 aromatic carbocycles. The van der Waals surface area contributed by atoms with Gasteiger partial charge in [0.05, 0.1) is 37.9 Å². The van der Waals surface area contributed by atoms with Gasteiger partial charge in [0, 0.05) is 17.7 Å². The van der Waals surface area contributed by atoms with E-state index in [9.17, 15) is 40.7 Å². The Morgan fingerprint density at radius 1 is 0.762 bits per heavy atom. The summed E-state index contributed by atoms with van der Waals surface area (Å²) in [6.45, 7) is 0. The van der Waals surface area contributed by atoms with Gasteiger partial charge < -0.3 is 16.0 Å². The monoisotopic (exact) mass is 691 g/mol. The molecule has 3 amide bonds. The summed E-state index contributed by atoms with van der Waals surface area (Å²) in [6.07, 6.45) is -5.39. The number of halogens is 11. The molecule has 0 radical (unpaired) electrons. The third-order valence-corrected chi connectivity index (χ3v) is 8.13. The molecule has 17 heteroatoms. The highest BCUT2D eigenvalue weighted by Gasteiger charge is 2.67. The molecule has 6 nitrogen and oxygen atoms in total. The van der Waals surface area contributed by atoms with Gasteiger partial charge in [0.15, 0.2) is 0 Å². The van der Waals surface area contributed by atoms with E-state index in [1.165, 1.54) is 17.4 Å². The second-order valence-electron chi connectivity index (χ2n) is 8.83. The topological polar surface area (TPSA) is 87.3 Å². The fourth-order valence-electron chi connectivity index (χ4n) is 3.94. The Morgan fingerprint density at radius 2 is 1.33 bits per heavy atom. The summed E-state index contributed by atoms with van der Waals surface area (Å²) in [4.78, 5) is 36.8. The van der Waals surface area contributed by atoms with Gasteiger partial charge in [-0.25, -0.2) is 13.2 Å². The van der Waals surface area contributed by atoms with Gasteiger partial charge in [0.2, 0.25) is 5.91 Å². The fraction of sp³-hybridized carbons (Fsp3) is 0.160. The highest BCUT2D eigenvalue weighted by atomic mass is 35.5. The Bertz CT molecular complexity index is 1610. The Balaban J connectivity index is 1.52. The van der Waals surface area contributed by atoms with Gasteiger partial charge in [-0.1, -0.05) is 34.8 Å². The Kier molecular flexibility index (Phi) is 8.88. The lowest BCUT2D eigenvalue weighted by Crippen LogP contribution is -2.30. The minimum absolute atomic E-state index is 0.0819. The molecule has 1 aliphatic carbocycles. The van der Waals surface area contributed by atoms with E-state index in [0.29, 0.717) is 11.6 Å². The van der Waals surface area contributed by atoms with Crippen LogP contribution in [0.3, 0.4) is 0 Å². The number of benzene rings is 3. The van der Waals surface area contributed by atoms with Crippen molar-refractivity contribution < 1.29 is 40.7 Å². The van der Waals surface area contributed by atoms with Gasteiger partial charge >= 0.3 is 12.1 Å². The number of amides is 3.